The van der Waals surface area contributed by atoms with Crippen LogP contribution >= 0.6 is 27.7 Å². The molecule has 4 nitrogen and oxygen atoms in total. The van der Waals surface area contributed by atoms with Crippen molar-refractivity contribution < 1.29 is 14.3 Å². The maximum absolute atomic E-state index is 11.8. The maximum atomic E-state index is 11.8. The van der Waals surface area contributed by atoms with E-state index in [0.29, 0.717) is 22.9 Å². The van der Waals surface area contributed by atoms with Crippen molar-refractivity contribution >= 4 is 45.2 Å². The molecule has 0 atom stereocenters. The molecule has 0 aromatic heterocycles. The summed E-state index contributed by atoms with van der Waals surface area (Å²) in [6, 6.07) is 5.24. The van der Waals surface area contributed by atoms with Crippen LogP contribution < -0.4 is 9.64 Å². The van der Waals surface area contributed by atoms with Crippen molar-refractivity contribution in [3.05, 3.63) is 22.7 Å². The zero-order valence-electron chi connectivity index (χ0n) is 9.10. The third-order valence-electron chi connectivity index (χ3n) is 2.33. The summed E-state index contributed by atoms with van der Waals surface area (Å²) in [5.41, 5.74) is 0.497. The van der Waals surface area contributed by atoms with Crippen LogP contribution in [0.25, 0.3) is 0 Å². The van der Waals surface area contributed by atoms with Crippen LogP contribution in [0.1, 0.15) is 0 Å². The van der Waals surface area contributed by atoms with Gasteiger partial charge in [0.15, 0.2) is 0 Å². The van der Waals surface area contributed by atoms with Crippen molar-refractivity contribution in [1.82, 2.24) is 0 Å². The molecule has 90 valence electrons. The molecule has 0 aliphatic carbocycles. The van der Waals surface area contributed by atoms with E-state index in [-0.39, 0.29) is 11.8 Å². The number of carbonyl (C=O) groups is 2. The highest BCUT2D eigenvalue weighted by Crippen LogP contribution is 2.33. The molecule has 0 radical (unpaired) electrons. The van der Waals surface area contributed by atoms with E-state index < -0.39 is 0 Å². The second-order valence-electron chi connectivity index (χ2n) is 3.43. The molecule has 0 N–H and O–H groups in total. The largest absolute Gasteiger partial charge is 0.495 e. The maximum Gasteiger partial charge on any atom is 0.243 e. The van der Waals surface area contributed by atoms with Gasteiger partial charge in [-0.25, -0.2) is 4.90 Å². The Bertz CT molecular complexity index is 462. The number of methoxy groups -OCH3 is 1. The van der Waals surface area contributed by atoms with Gasteiger partial charge in [-0.1, -0.05) is 15.9 Å². The number of thioether (sulfide) groups is 1. The third-order valence-corrected chi connectivity index (χ3v) is 3.73. The smallest absolute Gasteiger partial charge is 0.243 e. The quantitative estimate of drug-likeness (QED) is 0.784. The molecular weight excluding hydrogens is 306 g/mol. The van der Waals surface area contributed by atoms with Gasteiger partial charge in [-0.05, 0) is 18.2 Å². The Labute approximate surface area is 111 Å². The van der Waals surface area contributed by atoms with E-state index in [9.17, 15) is 9.59 Å². The number of ether oxygens (including phenoxy) is 1. The van der Waals surface area contributed by atoms with E-state index in [1.807, 2.05) is 0 Å². The minimum Gasteiger partial charge on any atom is -0.495 e. The summed E-state index contributed by atoms with van der Waals surface area (Å²) < 4.78 is 5.97. The van der Waals surface area contributed by atoms with Gasteiger partial charge in [0.1, 0.15) is 5.75 Å². The molecule has 1 heterocycles. The van der Waals surface area contributed by atoms with Gasteiger partial charge >= 0.3 is 0 Å². The van der Waals surface area contributed by atoms with Crippen LogP contribution in [0.4, 0.5) is 5.69 Å². The molecule has 17 heavy (non-hydrogen) atoms. The molecule has 1 aromatic rings. The molecule has 1 aromatic carbocycles. The molecule has 2 rings (SSSR count). The highest BCUT2D eigenvalue weighted by atomic mass is 79.9. The predicted octanol–water partition coefficient (Wildman–Crippen LogP) is 2.06. The van der Waals surface area contributed by atoms with Crippen molar-refractivity contribution in [3.63, 3.8) is 0 Å². The summed E-state index contributed by atoms with van der Waals surface area (Å²) in [5, 5.41) is 0. The second-order valence-corrected chi connectivity index (χ2v) is 5.33. The van der Waals surface area contributed by atoms with Crippen LogP contribution in [0, 0.1) is 0 Å². The molecule has 0 saturated carbocycles. The van der Waals surface area contributed by atoms with Crippen molar-refractivity contribution in [3.8, 4) is 5.75 Å². The van der Waals surface area contributed by atoms with Gasteiger partial charge in [-0.3, -0.25) is 9.59 Å². The van der Waals surface area contributed by atoms with E-state index in [2.05, 4.69) is 15.9 Å². The average molecular weight is 316 g/mol. The lowest BCUT2D eigenvalue weighted by atomic mass is 10.2. The van der Waals surface area contributed by atoms with E-state index >= 15 is 0 Å². The van der Waals surface area contributed by atoms with Crippen molar-refractivity contribution in [2.75, 3.05) is 23.5 Å². The van der Waals surface area contributed by atoms with Gasteiger partial charge in [0, 0.05) is 4.47 Å². The fourth-order valence-electron chi connectivity index (χ4n) is 1.60. The summed E-state index contributed by atoms with van der Waals surface area (Å²) >= 11 is 4.66. The van der Waals surface area contributed by atoms with E-state index in [1.54, 1.807) is 18.2 Å². The molecule has 0 unspecified atom stereocenters. The molecule has 6 heteroatoms. The summed E-state index contributed by atoms with van der Waals surface area (Å²) in [4.78, 5) is 24.8. The van der Waals surface area contributed by atoms with Crippen molar-refractivity contribution in [1.29, 1.82) is 0 Å². The lowest BCUT2D eigenvalue weighted by Crippen LogP contribution is -2.43. The van der Waals surface area contributed by atoms with Crippen LogP contribution in [0.15, 0.2) is 22.7 Å². The zero-order chi connectivity index (χ0) is 12.4. The van der Waals surface area contributed by atoms with Gasteiger partial charge in [0.05, 0.1) is 24.3 Å². The third kappa shape index (κ3) is 2.47. The monoisotopic (exact) mass is 315 g/mol. The number of nitrogens with zero attached hydrogens (tertiary/aromatic N) is 1. The first-order chi connectivity index (χ1) is 8.13. The Kier molecular flexibility index (Phi) is 3.73. The molecule has 2 amide bonds. The van der Waals surface area contributed by atoms with Crippen LogP contribution in [-0.4, -0.2) is 30.4 Å². The molecular formula is C11H10BrNO3S. The topological polar surface area (TPSA) is 46.6 Å². The Morgan fingerprint density at radius 2 is 1.94 bits per heavy atom. The van der Waals surface area contributed by atoms with Crippen LogP contribution in [0.2, 0.25) is 0 Å². The predicted molar refractivity (Wildman–Crippen MR) is 70.5 cm³/mol. The fourth-order valence-corrected chi connectivity index (χ4v) is 2.66. The molecule has 1 saturated heterocycles. The lowest BCUT2D eigenvalue weighted by Gasteiger charge is -2.26. The number of hydrogen-bond donors (Lipinski definition) is 0. The summed E-state index contributed by atoms with van der Waals surface area (Å²) in [6.45, 7) is 0. The van der Waals surface area contributed by atoms with E-state index in [0.717, 1.165) is 4.47 Å². The van der Waals surface area contributed by atoms with Gasteiger partial charge in [-0.15, -0.1) is 11.8 Å². The van der Waals surface area contributed by atoms with Gasteiger partial charge in [0.2, 0.25) is 11.8 Å². The minimum atomic E-state index is -0.206. The number of hydrogen-bond acceptors (Lipinski definition) is 4. The highest BCUT2D eigenvalue weighted by molar-refractivity contribution is 9.10. The number of halogens is 1. The summed E-state index contributed by atoms with van der Waals surface area (Å²) in [7, 11) is 1.51. The standard InChI is InChI=1S/C11H10BrNO3S/c1-16-9-3-2-7(12)4-8(9)13-10(14)5-17-6-11(13)15/h2-4H,5-6H2,1H3. The average Bonchev–Trinajstić information content (AvgIpc) is 2.29. The van der Waals surface area contributed by atoms with Gasteiger partial charge in [-0.2, -0.15) is 0 Å². The van der Waals surface area contributed by atoms with Crippen molar-refractivity contribution in [2.45, 2.75) is 0 Å². The van der Waals surface area contributed by atoms with Crippen LogP contribution in [0.3, 0.4) is 0 Å². The fraction of sp³-hybridized carbons (Fsp3) is 0.273. The molecule has 1 aliphatic heterocycles. The zero-order valence-corrected chi connectivity index (χ0v) is 11.5. The van der Waals surface area contributed by atoms with Gasteiger partial charge in [0.25, 0.3) is 0 Å². The summed E-state index contributed by atoms with van der Waals surface area (Å²) in [6.07, 6.45) is 0. The Hall–Kier alpha value is -1.01. The first-order valence-corrected chi connectivity index (χ1v) is 6.85. The van der Waals surface area contributed by atoms with Crippen LogP contribution in [-0.2, 0) is 9.59 Å². The molecule has 0 bridgehead atoms. The SMILES string of the molecule is COc1ccc(Br)cc1N1C(=O)CSCC1=O. The molecule has 1 aliphatic rings. The minimum absolute atomic E-state index is 0.206. The lowest BCUT2D eigenvalue weighted by molar-refractivity contribution is -0.124. The first kappa shape index (κ1) is 12.4. The highest BCUT2D eigenvalue weighted by Gasteiger charge is 2.30. The van der Waals surface area contributed by atoms with Crippen molar-refractivity contribution in [2.24, 2.45) is 0 Å². The Morgan fingerprint density at radius 1 is 1.29 bits per heavy atom. The van der Waals surface area contributed by atoms with Gasteiger partial charge < -0.3 is 4.74 Å². The Balaban J connectivity index is 2.47. The molecule has 0 spiro atoms. The number of anilines is 1. The number of carbonyl (C=O) groups excluding carboxylic acids is 2. The Morgan fingerprint density at radius 3 is 2.53 bits per heavy atom. The number of amides is 2. The summed E-state index contributed by atoms with van der Waals surface area (Å²) in [5.74, 6) is 0.745. The number of rotatable bonds is 2. The number of benzene rings is 1. The second kappa shape index (κ2) is 5.10. The van der Waals surface area contributed by atoms with E-state index in [4.69, 9.17) is 4.74 Å². The van der Waals surface area contributed by atoms with Crippen LogP contribution in [0.5, 0.6) is 5.75 Å². The van der Waals surface area contributed by atoms with E-state index in [1.165, 1.54) is 23.8 Å². The normalized spacial score (nSPS) is 16.2. The first-order valence-electron chi connectivity index (χ1n) is 4.90. The number of imide groups is 1. The molecule has 1 fully saturated rings.